The lowest BCUT2D eigenvalue weighted by Gasteiger charge is -2.28. The van der Waals surface area contributed by atoms with Gasteiger partial charge in [-0.1, -0.05) is 157 Å². The van der Waals surface area contributed by atoms with Crippen molar-refractivity contribution < 1.29 is 0 Å². The van der Waals surface area contributed by atoms with Crippen molar-refractivity contribution in [3.63, 3.8) is 0 Å². The molecule has 0 spiro atoms. The van der Waals surface area contributed by atoms with Crippen molar-refractivity contribution in [1.82, 2.24) is 0 Å². The molecule has 60 heavy (non-hydrogen) atoms. The van der Waals surface area contributed by atoms with Crippen molar-refractivity contribution in [3.8, 4) is 0 Å². The van der Waals surface area contributed by atoms with Crippen LogP contribution in [0.15, 0.2) is 204 Å². The first-order chi connectivity index (χ1) is 29.3. The number of aryl methyl sites for hydroxylation is 2. The van der Waals surface area contributed by atoms with Crippen LogP contribution in [0.2, 0.25) is 0 Å². The van der Waals surface area contributed by atoms with Gasteiger partial charge in [-0.25, -0.2) is 9.98 Å². The molecular weight excluding hydrogens is 737 g/mol. The van der Waals surface area contributed by atoms with Gasteiger partial charge in [0.25, 0.3) is 0 Å². The third-order valence-electron chi connectivity index (χ3n) is 9.23. The highest BCUT2D eigenvalue weighted by atomic mass is 14.9. The van der Waals surface area contributed by atoms with Gasteiger partial charge in [0.15, 0.2) is 0 Å². The lowest BCUT2D eigenvalue weighted by molar-refractivity contribution is 1.47. The second-order valence-corrected chi connectivity index (χ2v) is 13.9. The van der Waals surface area contributed by atoms with E-state index in [1.807, 2.05) is 170 Å². The summed E-state index contributed by atoms with van der Waals surface area (Å²) in [4.78, 5) is 9.30. The first-order valence-corrected chi connectivity index (χ1v) is 19.6. The van der Waals surface area contributed by atoms with Gasteiger partial charge in [-0.2, -0.15) is 0 Å². The summed E-state index contributed by atoms with van der Waals surface area (Å²) in [5.74, 6) is 0. The maximum atomic E-state index is 4.68. The maximum Gasteiger partial charge on any atom is 0.0638 e. The molecule has 0 bridgehead atoms. The zero-order valence-corrected chi connectivity index (χ0v) is 34.1. The monoisotopic (exact) mass is 780 g/mol. The summed E-state index contributed by atoms with van der Waals surface area (Å²) in [6, 6.07) is 55.7. The summed E-state index contributed by atoms with van der Waals surface area (Å²) in [7, 11) is 3.56. The van der Waals surface area contributed by atoms with Gasteiger partial charge in [0, 0.05) is 0 Å². The van der Waals surface area contributed by atoms with Crippen LogP contribution in [0, 0.1) is 13.8 Å². The van der Waals surface area contributed by atoms with Gasteiger partial charge in [-0.3, -0.25) is 0 Å². The van der Waals surface area contributed by atoms with Crippen LogP contribution < -0.4 is 0 Å². The topological polar surface area (TPSA) is 109 Å². The highest BCUT2D eigenvalue weighted by Gasteiger charge is 2.00. The van der Waals surface area contributed by atoms with E-state index < -0.39 is 0 Å². The van der Waals surface area contributed by atoms with Crippen molar-refractivity contribution in [2.24, 2.45) is 9.98 Å². The molecule has 0 heterocycles. The Morgan fingerprint density at radius 2 is 0.467 bits per heavy atom. The quantitative estimate of drug-likeness (QED) is 0.110. The Hall–Kier alpha value is -7.84. The van der Waals surface area contributed by atoms with E-state index in [1.54, 1.807) is 14.1 Å². The van der Waals surface area contributed by atoms with Gasteiger partial charge in [0.2, 0.25) is 0 Å². The zero-order chi connectivity index (χ0) is 41.5. The van der Waals surface area contributed by atoms with Crippen LogP contribution in [0.4, 0.5) is 68.2 Å². The first kappa shape index (κ1) is 40.4. The lowest BCUT2D eigenvalue weighted by Crippen LogP contribution is -1.99. The van der Waals surface area contributed by atoms with Gasteiger partial charge in [0.1, 0.15) is 0 Å². The molecule has 0 N–H and O–H groups in total. The number of hydrogen-bond acceptors (Lipinski definition) is 2. The molecule has 8 rings (SSSR count). The molecule has 0 saturated carbocycles. The molecule has 0 aliphatic heterocycles. The minimum atomic E-state index is 0.886. The standard InChI is InChI=1S/2C26H22N4/c2*1-19-3-5-21(6-4-19)28-23-11-13-25(14-12-23)30-26-17-15-24(16-18-26)29-22-9-7-20(27-2)8-10-22/h2*3-18H,1-2H3/q-4;-2. The Morgan fingerprint density at radius 3 is 0.717 bits per heavy atom. The van der Waals surface area contributed by atoms with E-state index in [2.05, 4.69) is 80.0 Å². The minimum absolute atomic E-state index is 0.886. The van der Waals surface area contributed by atoms with Crippen molar-refractivity contribution in [2.45, 2.75) is 13.8 Å². The maximum absolute atomic E-state index is 4.68. The molecule has 0 aromatic heterocycles. The minimum Gasteiger partial charge on any atom is -0.687 e. The Labute approximate surface area is 353 Å². The van der Waals surface area contributed by atoms with Crippen LogP contribution in [0.25, 0.3) is 31.9 Å². The summed E-state index contributed by atoms with van der Waals surface area (Å²) < 4.78 is 0. The summed E-state index contributed by atoms with van der Waals surface area (Å²) in [5, 5.41) is 26.8. The third-order valence-corrected chi connectivity index (χ3v) is 9.23. The molecule has 0 fully saturated rings. The van der Waals surface area contributed by atoms with Crippen molar-refractivity contribution in [3.05, 3.63) is 237 Å². The number of hydrogen-bond donors (Lipinski definition) is 0. The Bertz CT molecular complexity index is 2540. The number of allylic oxidation sites excluding steroid dienone is 4. The number of benzene rings is 7. The Balaban J connectivity index is 0.000000181. The molecule has 8 nitrogen and oxygen atoms in total. The SMILES string of the molecule is C[N-]c1ccc(N=C2C=CC(=Nc3ccc([N-]c4ccc(C)cc4)cc3)C=C2)cc1.C[N-]c1ccc([N-]c2ccc([N-]c3ccc([N-]c4ccc(C)cc4)cc3)cc2)cc1. The van der Waals surface area contributed by atoms with Gasteiger partial charge < -0.3 is 31.9 Å². The normalized spacial score (nSPS) is 11.5. The molecule has 0 unspecified atom stereocenters. The molecule has 1 aliphatic rings. The zero-order valence-electron chi connectivity index (χ0n) is 34.1. The summed E-state index contributed by atoms with van der Waals surface area (Å²) >= 11 is 0. The van der Waals surface area contributed by atoms with Crippen LogP contribution >= 0.6 is 0 Å². The first-order valence-electron chi connectivity index (χ1n) is 19.6. The van der Waals surface area contributed by atoms with Crippen LogP contribution in [0.5, 0.6) is 0 Å². The second-order valence-electron chi connectivity index (χ2n) is 13.9. The number of aliphatic imine (C=N–C) groups is 2. The van der Waals surface area contributed by atoms with Crippen LogP contribution in [-0.2, 0) is 0 Å². The molecule has 0 atom stereocenters. The fourth-order valence-electron chi connectivity index (χ4n) is 5.89. The lowest BCUT2D eigenvalue weighted by atomic mass is 10.1. The molecule has 298 valence electrons. The second kappa shape index (κ2) is 20.0. The fraction of sp³-hybridized carbons (Fsp3) is 0.0769. The predicted molar refractivity (Wildman–Crippen MR) is 256 cm³/mol. The van der Waals surface area contributed by atoms with Gasteiger partial charge in [-0.15, -0.1) is 71.0 Å². The number of nitrogens with zero attached hydrogens (tertiary/aromatic N) is 8. The summed E-state index contributed by atoms with van der Waals surface area (Å²) in [5.41, 5.74) is 15.2. The predicted octanol–water partition coefficient (Wildman–Crippen LogP) is 17.6. The van der Waals surface area contributed by atoms with E-state index in [0.29, 0.717) is 0 Å². The fourth-order valence-corrected chi connectivity index (χ4v) is 5.89. The Morgan fingerprint density at radius 1 is 0.267 bits per heavy atom. The summed E-state index contributed by atoms with van der Waals surface area (Å²) in [6.45, 7) is 4.14. The summed E-state index contributed by atoms with van der Waals surface area (Å²) in [6.07, 6.45) is 7.88. The molecule has 0 saturated heterocycles. The van der Waals surface area contributed by atoms with Gasteiger partial charge in [0.05, 0.1) is 22.8 Å². The van der Waals surface area contributed by atoms with Crippen molar-refractivity contribution >= 4 is 79.7 Å². The van der Waals surface area contributed by atoms with E-state index >= 15 is 0 Å². The number of rotatable bonds is 12. The van der Waals surface area contributed by atoms with E-state index in [1.165, 1.54) is 11.1 Å². The molecule has 7 aromatic rings. The van der Waals surface area contributed by atoms with Crippen LogP contribution in [0.1, 0.15) is 11.1 Å². The molecule has 8 heteroatoms. The Kier molecular flexibility index (Phi) is 13.5. The molecular formula is C52H44N8-6. The highest BCUT2D eigenvalue weighted by molar-refractivity contribution is 6.19. The molecule has 0 amide bonds. The molecule has 1 aliphatic carbocycles. The molecule has 0 radical (unpaired) electrons. The average Bonchev–Trinajstić information content (AvgIpc) is 3.29. The smallest absolute Gasteiger partial charge is 0.0638 e. The largest absolute Gasteiger partial charge is 0.687 e. The van der Waals surface area contributed by atoms with Crippen LogP contribution in [0.3, 0.4) is 0 Å². The van der Waals surface area contributed by atoms with Crippen molar-refractivity contribution in [1.29, 1.82) is 0 Å². The third kappa shape index (κ3) is 12.1. The van der Waals surface area contributed by atoms with E-state index in [-0.39, 0.29) is 0 Å². The van der Waals surface area contributed by atoms with Gasteiger partial charge >= 0.3 is 0 Å². The van der Waals surface area contributed by atoms with E-state index in [0.717, 1.165) is 79.7 Å². The van der Waals surface area contributed by atoms with Crippen molar-refractivity contribution in [2.75, 3.05) is 14.1 Å². The average molecular weight is 781 g/mol. The van der Waals surface area contributed by atoms with E-state index in [4.69, 9.17) is 0 Å². The molecule has 7 aromatic carbocycles. The van der Waals surface area contributed by atoms with Crippen LogP contribution in [-0.4, -0.2) is 25.5 Å². The van der Waals surface area contributed by atoms with E-state index in [9.17, 15) is 0 Å². The highest BCUT2D eigenvalue weighted by Crippen LogP contribution is 2.38. The van der Waals surface area contributed by atoms with Gasteiger partial charge in [-0.05, 0) is 62.4 Å².